The fraction of sp³-hybridized carbons (Fsp3) is 0.867. The second kappa shape index (κ2) is 8.74. The summed E-state index contributed by atoms with van der Waals surface area (Å²) in [7, 11) is 1.75. The lowest BCUT2D eigenvalue weighted by atomic mass is 10.2. The number of hydrogen-bond acceptors (Lipinski definition) is 3. The van der Waals surface area contributed by atoms with Crippen molar-refractivity contribution in [3.63, 3.8) is 0 Å². The number of nitrogens with zero attached hydrogens (tertiary/aromatic N) is 3. The molecule has 0 aromatic rings. The first-order chi connectivity index (χ1) is 9.62. The molecular formula is C15H32N4O2. The van der Waals surface area contributed by atoms with Gasteiger partial charge in [-0.3, -0.25) is 4.99 Å². The lowest BCUT2D eigenvalue weighted by Crippen LogP contribution is -2.40. The molecule has 6 heteroatoms. The maximum atomic E-state index is 11.9. The standard InChI is InChI=1S/C15H32N4O2/c1-8-19(9-2)13(16)17-11-10-12(3)18(7)14(20)21-15(4,5)6/h12H,8-11H2,1-7H3,(H2,16,17). The Balaban J connectivity index is 4.34. The van der Waals surface area contributed by atoms with E-state index in [-0.39, 0.29) is 12.1 Å². The predicted octanol–water partition coefficient (Wildman–Crippen LogP) is 2.29. The quantitative estimate of drug-likeness (QED) is 0.603. The molecule has 0 bridgehead atoms. The molecule has 124 valence electrons. The number of amides is 1. The summed E-state index contributed by atoms with van der Waals surface area (Å²) < 4.78 is 5.34. The van der Waals surface area contributed by atoms with Crippen LogP contribution in [0.15, 0.2) is 4.99 Å². The van der Waals surface area contributed by atoms with Crippen LogP contribution in [0, 0.1) is 0 Å². The second-order valence-corrected chi connectivity index (χ2v) is 6.14. The predicted molar refractivity (Wildman–Crippen MR) is 87.5 cm³/mol. The number of nitrogens with two attached hydrogens (primary N) is 1. The van der Waals surface area contributed by atoms with E-state index in [4.69, 9.17) is 10.5 Å². The summed E-state index contributed by atoms with van der Waals surface area (Å²) in [5.74, 6) is 0.562. The molecule has 0 aliphatic heterocycles. The van der Waals surface area contributed by atoms with Gasteiger partial charge >= 0.3 is 6.09 Å². The van der Waals surface area contributed by atoms with Gasteiger partial charge in [0.2, 0.25) is 0 Å². The second-order valence-electron chi connectivity index (χ2n) is 6.14. The molecule has 6 nitrogen and oxygen atoms in total. The molecule has 0 aromatic heterocycles. The lowest BCUT2D eigenvalue weighted by Gasteiger charge is -2.28. The molecule has 0 saturated heterocycles. The van der Waals surface area contributed by atoms with Gasteiger partial charge in [-0.1, -0.05) is 0 Å². The minimum absolute atomic E-state index is 0.0492. The van der Waals surface area contributed by atoms with E-state index in [0.717, 1.165) is 19.5 Å². The fourth-order valence-electron chi connectivity index (χ4n) is 1.72. The molecule has 0 aliphatic carbocycles. The Morgan fingerprint density at radius 2 is 1.81 bits per heavy atom. The molecule has 0 aromatic carbocycles. The molecule has 1 atom stereocenters. The maximum Gasteiger partial charge on any atom is 0.410 e. The van der Waals surface area contributed by atoms with E-state index < -0.39 is 5.60 Å². The summed E-state index contributed by atoms with van der Waals surface area (Å²) in [4.78, 5) is 19.9. The van der Waals surface area contributed by atoms with Crippen molar-refractivity contribution in [1.82, 2.24) is 9.80 Å². The Labute approximate surface area is 129 Å². The number of rotatable bonds is 6. The zero-order valence-electron chi connectivity index (χ0n) is 14.6. The Hall–Kier alpha value is -1.46. The lowest BCUT2D eigenvalue weighted by molar-refractivity contribution is 0.0231. The van der Waals surface area contributed by atoms with Gasteiger partial charge in [0.25, 0.3) is 0 Å². The molecule has 0 radical (unpaired) electrons. The number of guanidine groups is 1. The highest BCUT2D eigenvalue weighted by molar-refractivity contribution is 5.78. The van der Waals surface area contributed by atoms with Crippen LogP contribution in [0.4, 0.5) is 4.79 Å². The average molecular weight is 300 g/mol. The minimum atomic E-state index is -0.476. The van der Waals surface area contributed by atoms with Crippen molar-refractivity contribution >= 4 is 12.1 Å². The first kappa shape index (κ1) is 19.5. The van der Waals surface area contributed by atoms with Crippen molar-refractivity contribution < 1.29 is 9.53 Å². The maximum absolute atomic E-state index is 11.9. The van der Waals surface area contributed by atoms with Crippen molar-refractivity contribution in [2.45, 2.75) is 59.6 Å². The van der Waals surface area contributed by atoms with E-state index in [1.54, 1.807) is 11.9 Å². The zero-order valence-corrected chi connectivity index (χ0v) is 14.6. The van der Waals surface area contributed by atoms with Crippen molar-refractivity contribution in [2.75, 3.05) is 26.7 Å². The van der Waals surface area contributed by atoms with Crippen molar-refractivity contribution in [3.05, 3.63) is 0 Å². The average Bonchev–Trinajstić information content (AvgIpc) is 2.37. The number of carbonyl (C=O) groups is 1. The molecule has 1 amide bonds. The SMILES string of the molecule is CCN(CC)C(N)=NCCC(C)N(C)C(=O)OC(C)(C)C. The summed E-state index contributed by atoms with van der Waals surface area (Å²) >= 11 is 0. The van der Waals surface area contributed by atoms with Crippen LogP contribution in [0.25, 0.3) is 0 Å². The molecule has 0 fully saturated rings. The summed E-state index contributed by atoms with van der Waals surface area (Å²) in [6.07, 6.45) is 0.438. The van der Waals surface area contributed by atoms with Gasteiger partial charge < -0.3 is 20.3 Å². The van der Waals surface area contributed by atoms with Crippen LogP contribution in [-0.2, 0) is 4.74 Å². The van der Waals surface area contributed by atoms with Gasteiger partial charge in [-0.2, -0.15) is 0 Å². The van der Waals surface area contributed by atoms with Gasteiger partial charge in [-0.15, -0.1) is 0 Å². The smallest absolute Gasteiger partial charge is 0.410 e. The largest absolute Gasteiger partial charge is 0.444 e. The summed E-state index contributed by atoms with van der Waals surface area (Å²) in [5.41, 5.74) is 5.44. The molecule has 0 spiro atoms. The highest BCUT2D eigenvalue weighted by Gasteiger charge is 2.22. The highest BCUT2D eigenvalue weighted by atomic mass is 16.6. The fourth-order valence-corrected chi connectivity index (χ4v) is 1.72. The first-order valence-electron chi connectivity index (χ1n) is 7.63. The van der Waals surface area contributed by atoms with Gasteiger partial charge in [0.15, 0.2) is 5.96 Å². The van der Waals surface area contributed by atoms with Crippen molar-refractivity contribution in [3.8, 4) is 0 Å². The van der Waals surface area contributed by atoms with Crippen LogP contribution in [0.2, 0.25) is 0 Å². The molecule has 0 aliphatic rings. The Morgan fingerprint density at radius 3 is 2.24 bits per heavy atom. The van der Waals surface area contributed by atoms with Crippen molar-refractivity contribution in [2.24, 2.45) is 10.7 Å². The third-order valence-corrected chi connectivity index (χ3v) is 3.25. The topological polar surface area (TPSA) is 71.2 Å². The van der Waals surface area contributed by atoms with Crippen molar-refractivity contribution in [1.29, 1.82) is 0 Å². The van der Waals surface area contributed by atoms with E-state index in [1.807, 2.05) is 46.4 Å². The molecule has 1 unspecified atom stereocenters. The Bertz CT molecular complexity index is 346. The summed E-state index contributed by atoms with van der Waals surface area (Å²) in [6.45, 7) is 13.9. The third kappa shape index (κ3) is 7.78. The van der Waals surface area contributed by atoms with Crippen LogP contribution < -0.4 is 5.73 Å². The van der Waals surface area contributed by atoms with Gasteiger partial charge in [0.05, 0.1) is 0 Å². The van der Waals surface area contributed by atoms with Crippen LogP contribution in [-0.4, -0.2) is 60.2 Å². The van der Waals surface area contributed by atoms with Crippen LogP contribution in [0.3, 0.4) is 0 Å². The molecule has 0 saturated carbocycles. The third-order valence-electron chi connectivity index (χ3n) is 3.25. The number of aliphatic imine (C=N–C) groups is 1. The van der Waals surface area contributed by atoms with Crippen LogP contribution in [0.5, 0.6) is 0 Å². The Morgan fingerprint density at radius 1 is 1.29 bits per heavy atom. The molecule has 0 heterocycles. The highest BCUT2D eigenvalue weighted by Crippen LogP contribution is 2.11. The van der Waals surface area contributed by atoms with E-state index in [9.17, 15) is 4.79 Å². The van der Waals surface area contributed by atoms with Crippen LogP contribution >= 0.6 is 0 Å². The van der Waals surface area contributed by atoms with Gasteiger partial charge in [-0.05, 0) is 48.0 Å². The van der Waals surface area contributed by atoms with Gasteiger partial charge in [0.1, 0.15) is 5.60 Å². The van der Waals surface area contributed by atoms with E-state index in [1.165, 1.54) is 0 Å². The summed E-state index contributed by atoms with van der Waals surface area (Å²) in [5, 5.41) is 0. The van der Waals surface area contributed by atoms with Gasteiger partial charge in [-0.25, -0.2) is 4.79 Å². The number of carbonyl (C=O) groups excluding carboxylic acids is 1. The number of ether oxygens (including phenoxy) is 1. The van der Waals surface area contributed by atoms with E-state index in [0.29, 0.717) is 12.5 Å². The Kier molecular flexibility index (Phi) is 8.14. The van der Waals surface area contributed by atoms with E-state index in [2.05, 4.69) is 4.99 Å². The zero-order chi connectivity index (χ0) is 16.6. The molecule has 21 heavy (non-hydrogen) atoms. The van der Waals surface area contributed by atoms with Gasteiger partial charge in [0, 0.05) is 32.7 Å². The minimum Gasteiger partial charge on any atom is -0.444 e. The number of hydrogen-bond donors (Lipinski definition) is 1. The summed E-state index contributed by atoms with van der Waals surface area (Å²) in [6, 6.07) is 0.0492. The molecular weight excluding hydrogens is 268 g/mol. The molecule has 0 rings (SSSR count). The monoisotopic (exact) mass is 300 g/mol. The van der Waals surface area contributed by atoms with Crippen LogP contribution in [0.1, 0.15) is 48.0 Å². The molecule has 2 N–H and O–H groups in total. The van der Waals surface area contributed by atoms with E-state index >= 15 is 0 Å². The normalized spacial score (nSPS) is 13.8. The first-order valence-corrected chi connectivity index (χ1v) is 7.63.